The molecule has 0 aliphatic carbocycles. The first-order valence-corrected chi connectivity index (χ1v) is 9.78. The number of nitrogens with zero attached hydrogens (tertiary/aromatic N) is 3. The summed E-state index contributed by atoms with van der Waals surface area (Å²) in [5.74, 6) is 0.710. The summed E-state index contributed by atoms with van der Waals surface area (Å²) in [6.45, 7) is 8.75. The molecule has 2 aromatic carbocycles. The van der Waals surface area contributed by atoms with Gasteiger partial charge in [-0.25, -0.2) is 4.39 Å². The van der Waals surface area contributed by atoms with Gasteiger partial charge >= 0.3 is 0 Å². The van der Waals surface area contributed by atoms with E-state index in [2.05, 4.69) is 43.0 Å². The maximum absolute atomic E-state index is 13.2. The van der Waals surface area contributed by atoms with Crippen LogP contribution in [0.3, 0.4) is 0 Å². The highest BCUT2D eigenvalue weighted by Gasteiger charge is 2.22. The van der Waals surface area contributed by atoms with Gasteiger partial charge in [0.2, 0.25) is 0 Å². The summed E-state index contributed by atoms with van der Waals surface area (Å²) in [6.07, 6.45) is 4.08. The molecule has 0 fully saturated rings. The molecule has 146 valence electrons. The van der Waals surface area contributed by atoms with Crippen molar-refractivity contribution in [2.45, 2.75) is 45.9 Å². The second-order valence-electron chi connectivity index (χ2n) is 7.82. The van der Waals surface area contributed by atoms with Crippen LogP contribution in [0.5, 0.6) is 5.75 Å². The van der Waals surface area contributed by atoms with E-state index in [0.717, 1.165) is 35.5 Å². The molecular weight excluding hydrogens is 353 g/mol. The molecule has 0 radical (unpaired) electrons. The zero-order valence-electron chi connectivity index (χ0n) is 16.6. The van der Waals surface area contributed by atoms with Gasteiger partial charge in [-0.3, -0.25) is 9.58 Å². The van der Waals surface area contributed by atoms with E-state index in [0.29, 0.717) is 18.7 Å². The Kier molecular flexibility index (Phi) is 5.18. The van der Waals surface area contributed by atoms with E-state index in [9.17, 15) is 4.39 Å². The summed E-state index contributed by atoms with van der Waals surface area (Å²) in [6, 6.07) is 13.5. The van der Waals surface area contributed by atoms with Gasteiger partial charge in [-0.1, -0.05) is 18.2 Å². The van der Waals surface area contributed by atoms with Gasteiger partial charge in [-0.15, -0.1) is 0 Å². The number of hydrogen-bond donors (Lipinski definition) is 0. The maximum Gasteiger partial charge on any atom is 0.123 e. The van der Waals surface area contributed by atoms with Crippen LogP contribution in [-0.4, -0.2) is 27.3 Å². The topological polar surface area (TPSA) is 30.3 Å². The van der Waals surface area contributed by atoms with Crippen molar-refractivity contribution in [2.24, 2.45) is 0 Å². The molecule has 1 aliphatic rings. The third-order valence-corrected chi connectivity index (χ3v) is 5.28. The second kappa shape index (κ2) is 7.76. The first kappa shape index (κ1) is 18.7. The molecule has 2 heterocycles. The Hall–Kier alpha value is -2.66. The lowest BCUT2D eigenvalue weighted by Gasteiger charge is -2.25. The Bertz CT molecular complexity index is 949. The molecule has 0 unspecified atom stereocenters. The van der Waals surface area contributed by atoms with Crippen molar-refractivity contribution in [3.8, 4) is 16.9 Å². The average molecular weight is 379 g/mol. The van der Waals surface area contributed by atoms with Gasteiger partial charge in [0.05, 0.1) is 6.20 Å². The van der Waals surface area contributed by atoms with Crippen molar-refractivity contribution in [3.63, 3.8) is 0 Å². The summed E-state index contributed by atoms with van der Waals surface area (Å²) >= 11 is 0. The van der Waals surface area contributed by atoms with Gasteiger partial charge in [0.25, 0.3) is 0 Å². The van der Waals surface area contributed by atoms with Crippen LogP contribution in [0.25, 0.3) is 11.1 Å². The van der Waals surface area contributed by atoms with Crippen LogP contribution in [0.1, 0.15) is 37.9 Å². The highest BCUT2D eigenvalue weighted by atomic mass is 19.1. The third kappa shape index (κ3) is 3.94. The fourth-order valence-electron chi connectivity index (χ4n) is 3.54. The van der Waals surface area contributed by atoms with Crippen molar-refractivity contribution in [2.75, 3.05) is 6.61 Å². The third-order valence-electron chi connectivity index (χ3n) is 5.28. The molecule has 0 bridgehead atoms. The molecule has 3 aromatic rings. The molecule has 5 heteroatoms. The minimum atomic E-state index is -0.219. The first-order valence-electron chi connectivity index (χ1n) is 9.78. The van der Waals surface area contributed by atoms with Crippen LogP contribution < -0.4 is 4.74 Å². The van der Waals surface area contributed by atoms with Gasteiger partial charge in [0.1, 0.15) is 18.2 Å². The van der Waals surface area contributed by atoms with E-state index < -0.39 is 0 Å². The lowest BCUT2D eigenvalue weighted by atomic mass is 10.0. The monoisotopic (exact) mass is 379 g/mol. The Morgan fingerprint density at radius 2 is 1.89 bits per heavy atom. The SMILES string of the molecule is CC(C)n1cc(CN2Cc3cc(-c4ccc(F)cc4)ccc3OC[C@@H]2C)cn1. The molecule has 0 amide bonds. The fraction of sp³-hybridized carbons (Fsp3) is 0.348. The first-order chi connectivity index (χ1) is 13.5. The lowest BCUT2D eigenvalue weighted by molar-refractivity contribution is 0.151. The van der Waals surface area contributed by atoms with Gasteiger partial charge in [-0.05, 0) is 56.2 Å². The van der Waals surface area contributed by atoms with Gasteiger partial charge in [0, 0.05) is 42.5 Å². The van der Waals surface area contributed by atoms with Crippen LogP contribution in [0.15, 0.2) is 54.9 Å². The Balaban J connectivity index is 1.58. The largest absolute Gasteiger partial charge is 0.492 e. The zero-order chi connectivity index (χ0) is 19.7. The molecule has 4 rings (SSSR count). The van der Waals surface area contributed by atoms with Crippen molar-refractivity contribution < 1.29 is 9.13 Å². The average Bonchev–Trinajstić information content (AvgIpc) is 3.09. The van der Waals surface area contributed by atoms with E-state index >= 15 is 0 Å². The molecule has 0 N–H and O–H groups in total. The highest BCUT2D eigenvalue weighted by molar-refractivity contribution is 5.65. The van der Waals surface area contributed by atoms with Crippen LogP contribution in [-0.2, 0) is 13.1 Å². The fourth-order valence-corrected chi connectivity index (χ4v) is 3.54. The number of halogens is 1. The standard InChI is InChI=1S/C23H26FN3O/c1-16(2)27-13-18(11-25-27)12-26-14-21-10-20(19-4-7-22(24)8-5-19)6-9-23(21)28-15-17(26)3/h4-11,13,16-17H,12,14-15H2,1-3H3/t17-/m0/s1. The molecule has 28 heavy (non-hydrogen) atoms. The quantitative estimate of drug-likeness (QED) is 0.635. The molecule has 1 aliphatic heterocycles. The summed E-state index contributed by atoms with van der Waals surface area (Å²) in [4.78, 5) is 2.42. The number of hydrogen-bond acceptors (Lipinski definition) is 3. The minimum Gasteiger partial charge on any atom is -0.492 e. The molecule has 0 saturated carbocycles. The molecule has 1 aromatic heterocycles. The number of aromatic nitrogens is 2. The number of fused-ring (bicyclic) bond motifs is 1. The van der Waals surface area contributed by atoms with E-state index in [1.54, 1.807) is 0 Å². The lowest BCUT2D eigenvalue weighted by Crippen LogP contribution is -2.34. The maximum atomic E-state index is 13.2. The Morgan fingerprint density at radius 3 is 2.61 bits per heavy atom. The molecule has 0 saturated heterocycles. The minimum absolute atomic E-state index is 0.219. The molecule has 4 nitrogen and oxygen atoms in total. The van der Waals surface area contributed by atoms with E-state index in [1.807, 2.05) is 35.1 Å². The zero-order valence-corrected chi connectivity index (χ0v) is 16.6. The Labute approximate surface area is 165 Å². The summed E-state index contributed by atoms with van der Waals surface area (Å²) in [7, 11) is 0. The molecule has 0 spiro atoms. The smallest absolute Gasteiger partial charge is 0.123 e. The van der Waals surface area contributed by atoms with Crippen molar-refractivity contribution in [1.29, 1.82) is 0 Å². The highest BCUT2D eigenvalue weighted by Crippen LogP contribution is 2.31. The summed E-state index contributed by atoms with van der Waals surface area (Å²) in [5.41, 5.74) is 4.44. The molecule has 1 atom stereocenters. The van der Waals surface area contributed by atoms with Crippen molar-refractivity contribution in [1.82, 2.24) is 14.7 Å². The van der Waals surface area contributed by atoms with Crippen LogP contribution in [0.2, 0.25) is 0 Å². The Morgan fingerprint density at radius 1 is 1.14 bits per heavy atom. The number of benzene rings is 2. The second-order valence-corrected chi connectivity index (χ2v) is 7.82. The number of ether oxygens (including phenoxy) is 1. The van der Waals surface area contributed by atoms with Crippen LogP contribution in [0.4, 0.5) is 4.39 Å². The van der Waals surface area contributed by atoms with E-state index in [4.69, 9.17) is 4.74 Å². The van der Waals surface area contributed by atoms with Gasteiger partial charge in [0.15, 0.2) is 0 Å². The van der Waals surface area contributed by atoms with Crippen LogP contribution in [0, 0.1) is 5.82 Å². The normalized spacial score (nSPS) is 17.2. The predicted molar refractivity (Wildman–Crippen MR) is 109 cm³/mol. The van der Waals surface area contributed by atoms with E-state index in [-0.39, 0.29) is 5.82 Å². The summed E-state index contributed by atoms with van der Waals surface area (Å²) < 4.78 is 21.3. The molecular formula is C23H26FN3O. The van der Waals surface area contributed by atoms with Crippen molar-refractivity contribution in [3.05, 3.63) is 71.8 Å². The summed E-state index contributed by atoms with van der Waals surface area (Å²) in [5, 5.41) is 4.46. The van der Waals surface area contributed by atoms with Crippen molar-refractivity contribution >= 4 is 0 Å². The van der Waals surface area contributed by atoms with Gasteiger partial charge in [-0.2, -0.15) is 5.10 Å². The van der Waals surface area contributed by atoms with E-state index in [1.165, 1.54) is 17.7 Å². The number of rotatable bonds is 4. The predicted octanol–water partition coefficient (Wildman–Crippen LogP) is 5.05. The van der Waals surface area contributed by atoms with Crippen LogP contribution >= 0.6 is 0 Å². The van der Waals surface area contributed by atoms with Gasteiger partial charge < -0.3 is 4.74 Å².